The Hall–Kier alpha value is -6.29. The van der Waals surface area contributed by atoms with Gasteiger partial charge in [-0.05, 0) is 151 Å². The van der Waals surface area contributed by atoms with Gasteiger partial charge < -0.3 is 40.2 Å². The van der Waals surface area contributed by atoms with Crippen molar-refractivity contribution in [2.45, 2.75) is 191 Å². The summed E-state index contributed by atoms with van der Waals surface area (Å²) in [7, 11) is -9.07. The number of nitrogens with zero attached hydrogens (tertiary/aromatic N) is 2. The van der Waals surface area contributed by atoms with E-state index >= 15 is 12.8 Å². The topological polar surface area (TPSA) is 283 Å². The first-order chi connectivity index (χ1) is 38.9. The van der Waals surface area contributed by atoms with Crippen LogP contribution < -0.4 is 36.0 Å². The number of rotatable bonds is 20. The molecular formula is C57H76FN9O12S4. The van der Waals surface area contributed by atoms with Crippen molar-refractivity contribution in [2.24, 2.45) is 0 Å². The van der Waals surface area contributed by atoms with Crippen LogP contribution in [0.25, 0.3) is 20.9 Å². The van der Waals surface area contributed by atoms with Crippen molar-refractivity contribution in [1.82, 2.24) is 35.4 Å². The zero-order chi connectivity index (χ0) is 60.6. The van der Waals surface area contributed by atoms with Gasteiger partial charge in [0.05, 0.1) is 61.2 Å². The average Bonchev–Trinajstić information content (AvgIpc) is 4.19. The van der Waals surface area contributed by atoms with E-state index in [4.69, 9.17) is 23.9 Å². The predicted octanol–water partition coefficient (Wildman–Crippen LogP) is 11.2. The third kappa shape index (κ3) is 18.4. The molecule has 1 unspecified atom stereocenters. The summed E-state index contributed by atoms with van der Waals surface area (Å²) in [5.74, 6) is -1.06. The number of carbonyl (C=O) groups is 4. The van der Waals surface area contributed by atoms with Gasteiger partial charge in [0.2, 0.25) is 26.0 Å². The number of sulfonamides is 2. The maximum atomic E-state index is 16.4. The van der Waals surface area contributed by atoms with Gasteiger partial charge in [-0.15, -0.1) is 22.7 Å². The fraction of sp³-hybridized carbons (Fsp3) is 0.509. The van der Waals surface area contributed by atoms with Gasteiger partial charge in [0.15, 0.2) is 0 Å². The highest BCUT2D eigenvalue weighted by Gasteiger charge is 2.37. The van der Waals surface area contributed by atoms with Gasteiger partial charge in [-0.25, -0.2) is 55.4 Å². The lowest BCUT2D eigenvalue weighted by molar-refractivity contribution is -0.00541. The van der Waals surface area contributed by atoms with Gasteiger partial charge in [0, 0.05) is 58.5 Å². The van der Waals surface area contributed by atoms with E-state index in [-0.39, 0.29) is 87.0 Å². The molecule has 2 atom stereocenters. The van der Waals surface area contributed by atoms with Crippen molar-refractivity contribution in [3.05, 3.63) is 94.0 Å². The zero-order valence-corrected chi connectivity index (χ0v) is 51.8. The number of alkyl carbamates (subject to hydrolysis) is 2. The van der Waals surface area contributed by atoms with E-state index in [0.29, 0.717) is 59.1 Å². The second-order valence-corrected chi connectivity index (χ2v) is 28.5. The van der Waals surface area contributed by atoms with E-state index in [2.05, 4.69) is 41.0 Å². The minimum absolute atomic E-state index is 0.0240. The van der Waals surface area contributed by atoms with Crippen LogP contribution in [-0.2, 0) is 52.0 Å². The van der Waals surface area contributed by atoms with Crippen molar-refractivity contribution < 1.29 is 59.4 Å². The maximum absolute atomic E-state index is 16.4. The standard InChI is InChI=1S/C57H76FN9O12S4/c1-32(2)77-53(69)61-37-19-17-36(18-20-37)50-65-49(58)48(81-50)42-25-22-39(62-54(70)78-33(3)4)28-46(42)83(74,75)67-57(10,11)29-43-47(80-51(64-43)44-26-23-40(31-76-44)63-55(71)79-34(5)6)41-24-21-38(27-45(41)82(72,73)66-56(7,8)9)60-52(68)59-30-35-15-13-12-14-16-35/h12-16,21-22,24-25,27-28,32-34,36-37,40,44,66-67H,17-20,23,26,29-31H2,1-11H3,(H,61,69)(H,62,70)(H,63,71)(H2,59,60,68)/t36?,37?,40-,44?/m1/s1. The quantitative estimate of drug-likeness (QED) is 0.0357. The molecule has 7 rings (SSSR count). The molecule has 2 aliphatic rings. The summed E-state index contributed by atoms with van der Waals surface area (Å²) < 4.78 is 104. The molecule has 5 amide bonds. The predicted molar refractivity (Wildman–Crippen MR) is 317 cm³/mol. The zero-order valence-electron chi connectivity index (χ0n) is 48.6. The number of aromatic nitrogens is 2. The van der Waals surface area contributed by atoms with Crippen molar-refractivity contribution in [1.29, 1.82) is 0 Å². The van der Waals surface area contributed by atoms with Crippen LogP contribution in [0.4, 0.5) is 34.9 Å². The van der Waals surface area contributed by atoms with Crippen LogP contribution in [0.2, 0.25) is 0 Å². The highest BCUT2D eigenvalue weighted by atomic mass is 32.2. The molecule has 1 saturated heterocycles. The van der Waals surface area contributed by atoms with Crippen LogP contribution >= 0.6 is 22.7 Å². The number of benzene rings is 3. The average molecular weight is 1230 g/mol. The van der Waals surface area contributed by atoms with Gasteiger partial charge in [-0.2, -0.15) is 4.39 Å². The Morgan fingerprint density at radius 2 is 1.18 bits per heavy atom. The number of carbonyl (C=O) groups excluding carboxylic acids is 4. The van der Waals surface area contributed by atoms with E-state index in [1.807, 2.05) is 30.3 Å². The van der Waals surface area contributed by atoms with Gasteiger partial charge in [-0.1, -0.05) is 36.4 Å². The fourth-order valence-electron chi connectivity index (χ4n) is 9.54. The molecular weight excluding hydrogens is 1150 g/mol. The Bertz CT molecular complexity index is 3330. The number of amides is 5. The molecule has 1 aliphatic heterocycles. The van der Waals surface area contributed by atoms with E-state index < -0.39 is 73.6 Å². The minimum Gasteiger partial charge on any atom is -0.447 e. The second-order valence-electron chi connectivity index (χ2n) is 23.2. The molecule has 1 saturated carbocycles. The molecule has 26 heteroatoms. The number of anilines is 2. The number of hydrogen-bond acceptors (Lipinski definition) is 16. The number of halogens is 1. The number of nitrogens with one attached hydrogen (secondary N) is 7. The smallest absolute Gasteiger partial charge is 0.411 e. The molecule has 5 aromatic rings. The Labute approximate surface area is 493 Å². The molecule has 83 heavy (non-hydrogen) atoms. The molecule has 2 aromatic heterocycles. The summed E-state index contributed by atoms with van der Waals surface area (Å²) in [6.45, 7) is 18.9. The van der Waals surface area contributed by atoms with Crippen LogP contribution in [0.3, 0.4) is 0 Å². The highest BCUT2D eigenvalue weighted by Crippen LogP contribution is 2.44. The van der Waals surface area contributed by atoms with E-state index in [9.17, 15) is 27.6 Å². The molecule has 21 nitrogen and oxygen atoms in total. The first kappa shape index (κ1) is 64.3. The largest absolute Gasteiger partial charge is 0.447 e. The van der Waals surface area contributed by atoms with E-state index in [1.54, 1.807) is 88.3 Å². The first-order valence-electron chi connectivity index (χ1n) is 27.6. The Kier molecular flexibility index (Phi) is 21.0. The van der Waals surface area contributed by atoms with Crippen molar-refractivity contribution >= 4 is 78.4 Å². The molecule has 2 fully saturated rings. The summed E-state index contributed by atoms with van der Waals surface area (Å²) >= 11 is 2.19. The SMILES string of the molecule is CC(C)OC(=O)Nc1ccc(-c2sc(C3CCC(NC(=O)OC(C)C)CC3)nc2F)c(S(=O)(=O)NC(C)(C)Cc2nc(C3CC[C@@H](NC(=O)OC(C)C)CO3)sc2-c2ccc(NC(=O)NCc3ccccc3)cc2S(=O)(=O)NC(C)(C)C)c1. The summed E-state index contributed by atoms with van der Waals surface area (Å²) in [5.41, 5.74) is -0.871. The molecule has 7 N–H and O–H groups in total. The molecule has 3 heterocycles. The van der Waals surface area contributed by atoms with Gasteiger partial charge in [0.25, 0.3) is 0 Å². The van der Waals surface area contributed by atoms with E-state index in [1.165, 1.54) is 24.3 Å². The Balaban J connectivity index is 1.25. The fourth-order valence-corrected chi connectivity index (χ4v) is 15.3. The lowest BCUT2D eigenvalue weighted by atomic mass is 9.86. The minimum atomic E-state index is -4.69. The summed E-state index contributed by atoms with van der Waals surface area (Å²) in [5, 5.41) is 14.8. The van der Waals surface area contributed by atoms with Gasteiger partial charge >= 0.3 is 24.3 Å². The van der Waals surface area contributed by atoms with Crippen LogP contribution in [0.15, 0.2) is 76.5 Å². The maximum Gasteiger partial charge on any atom is 0.411 e. The summed E-state index contributed by atoms with van der Waals surface area (Å²) in [6.07, 6.45) is -0.616. The first-order valence-corrected chi connectivity index (χ1v) is 32.2. The van der Waals surface area contributed by atoms with Gasteiger partial charge in [0.1, 0.15) is 11.1 Å². The highest BCUT2D eigenvalue weighted by molar-refractivity contribution is 7.90. The number of urea groups is 1. The summed E-state index contributed by atoms with van der Waals surface area (Å²) in [4.78, 5) is 60.1. The van der Waals surface area contributed by atoms with Crippen LogP contribution in [0, 0.1) is 5.95 Å². The Morgan fingerprint density at radius 3 is 1.75 bits per heavy atom. The number of ether oxygens (including phenoxy) is 4. The van der Waals surface area contributed by atoms with Crippen molar-refractivity contribution in [2.75, 3.05) is 17.2 Å². The molecule has 0 bridgehead atoms. The monoisotopic (exact) mass is 1230 g/mol. The normalized spacial score (nSPS) is 17.9. The molecule has 1 aliphatic carbocycles. The molecule has 0 spiro atoms. The molecule has 3 aromatic carbocycles. The third-order valence-corrected chi connectivity index (χ3v) is 18.9. The number of thiazole rings is 2. The van der Waals surface area contributed by atoms with Crippen LogP contribution in [0.1, 0.15) is 148 Å². The van der Waals surface area contributed by atoms with Gasteiger partial charge in [-0.3, -0.25) is 5.32 Å². The van der Waals surface area contributed by atoms with E-state index in [0.717, 1.165) is 28.2 Å². The lowest BCUT2D eigenvalue weighted by Gasteiger charge is -2.28. The molecule has 0 radical (unpaired) electrons. The van der Waals surface area contributed by atoms with Crippen LogP contribution in [0.5, 0.6) is 0 Å². The Morgan fingerprint density at radius 1 is 0.651 bits per heavy atom. The van der Waals surface area contributed by atoms with Crippen molar-refractivity contribution in [3.8, 4) is 20.9 Å². The lowest BCUT2D eigenvalue weighted by Crippen LogP contribution is -2.45. The third-order valence-electron chi connectivity index (χ3n) is 12.9. The van der Waals surface area contributed by atoms with Crippen molar-refractivity contribution in [3.63, 3.8) is 0 Å². The summed E-state index contributed by atoms with van der Waals surface area (Å²) in [6, 6.07) is 16.7. The second kappa shape index (κ2) is 27.2. The molecule has 452 valence electrons. The number of hydrogen-bond donors (Lipinski definition) is 7. The van der Waals surface area contributed by atoms with Crippen LogP contribution in [-0.4, -0.2) is 99.2 Å².